The van der Waals surface area contributed by atoms with Gasteiger partial charge in [-0.15, -0.1) is 0 Å². The molecule has 0 spiro atoms. The van der Waals surface area contributed by atoms with Crippen LogP contribution in [0.15, 0.2) is 36.4 Å². The van der Waals surface area contributed by atoms with E-state index in [0.717, 1.165) is 0 Å². The van der Waals surface area contributed by atoms with Gasteiger partial charge in [0.1, 0.15) is 17.1 Å². The van der Waals surface area contributed by atoms with Gasteiger partial charge in [0.2, 0.25) is 11.5 Å². The van der Waals surface area contributed by atoms with Crippen molar-refractivity contribution in [1.29, 1.82) is 0 Å². The smallest absolute Gasteiger partial charge is 0.349 e. The highest BCUT2D eigenvalue weighted by Crippen LogP contribution is 2.40. The van der Waals surface area contributed by atoms with Crippen molar-refractivity contribution in [3.05, 3.63) is 57.1 Å². The van der Waals surface area contributed by atoms with Crippen molar-refractivity contribution < 1.29 is 23.9 Å². The molecule has 1 aliphatic rings. The van der Waals surface area contributed by atoms with Gasteiger partial charge in [0.05, 0.1) is 4.92 Å². The van der Waals surface area contributed by atoms with Crippen LogP contribution in [-0.4, -0.2) is 16.7 Å². The number of hydrogen-bond acceptors (Lipinski definition) is 6. The molecule has 124 valence electrons. The fourth-order valence-corrected chi connectivity index (χ4v) is 2.45. The molecule has 7 nitrogen and oxygen atoms in total. The van der Waals surface area contributed by atoms with Gasteiger partial charge in [0, 0.05) is 24.9 Å². The molecule has 1 heterocycles. The Balaban J connectivity index is 2.05. The first-order chi connectivity index (χ1) is 11.3. The number of hydrogen-bond donors (Lipinski definition) is 0. The third-order valence-corrected chi connectivity index (χ3v) is 3.46. The van der Waals surface area contributed by atoms with Gasteiger partial charge in [-0.05, 0) is 24.3 Å². The minimum atomic E-state index is -1.10. The van der Waals surface area contributed by atoms with Gasteiger partial charge < -0.3 is 14.2 Å². The Morgan fingerprint density at radius 2 is 1.92 bits per heavy atom. The van der Waals surface area contributed by atoms with E-state index in [1.807, 2.05) is 0 Å². The number of halogens is 1. The Kier molecular flexibility index (Phi) is 3.81. The third kappa shape index (κ3) is 2.98. The van der Waals surface area contributed by atoms with Crippen molar-refractivity contribution in [2.24, 2.45) is 0 Å². The van der Waals surface area contributed by atoms with Gasteiger partial charge in [-0.25, -0.2) is 4.79 Å². The molecular weight excluding hydrogens is 338 g/mol. The van der Waals surface area contributed by atoms with E-state index in [0.29, 0.717) is 0 Å². The van der Waals surface area contributed by atoms with Crippen molar-refractivity contribution >= 4 is 23.3 Å². The Hall–Kier alpha value is -2.80. The Labute approximate surface area is 141 Å². The number of fused-ring (bicyclic) bond motifs is 1. The van der Waals surface area contributed by atoms with E-state index in [9.17, 15) is 14.9 Å². The lowest BCUT2D eigenvalue weighted by molar-refractivity contribution is -0.385. The summed E-state index contributed by atoms with van der Waals surface area (Å²) in [5.41, 5.74) is -0.244. The van der Waals surface area contributed by atoms with E-state index in [4.69, 9.17) is 25.8 Å². The van der Waals surface area contributed by atoms with Gasteiger partial charge in [-0.2, -0.15) is 0 Å². The number of benzene rings is 2. The summed E-state index contributed by atoms with van der Waals surface area (Å²) in [5.74, 6) is -1.40. The number of rotatable bonds is 3. The van der Waals surface area contributed by atoms with E-state index in [1.165, 1.54) is 24.3 Å². The summed E-state index contributed by atoms with van der Waals surface area (Å²) in [6.07, 6.45) is 0. The number of carbonyl (C=O) groups is 1. The van der Waals surface area contributed by atoms with Crippen LogP contribution in [0.5, 0.6) is 17.2 Å². The van der Waals surface area contributed by atoms with E-state index >= 15 is 0 Å². The van der Waals surface area contributed by atoms with Gasteiger partial charge >= 0.3 is 11.7 Å². The molecule has 0 saturated carbocycles. The molecule has 0 unspecified atom stereocenters. The number of ether oxygens (including phenoxy) is 3. The second-order valence-corrected chi connectivity index (χ2v) is 5.93. The van der Waals surface area contributed by atoms with Crippen LogP contribution in [0, 0.1) is 10.1 Å². The van der Waals surface area contributed by atoms with Crippen LogP contribution in [0.3, 0.4) is 0 Å². The van der Waals surface area contributed by atoms with Crippen LogP contribution in [0.25, 0.3) is 0 Å². The summed E-state index contributed by atoms with van der Waals surface area (Å²) in [7, 11) is 0. The molecule has 2 aromatic carbocycles. The normalized spacial score (nSPS) is 15.0. The molecule has 0 bridgehead atoms. The molecule has 24 heavy (non-hydrogen) atoms. The molecule has 3 rings (SSSR count). The summed E-state index contributed by atoms with van der Waals surface area (Å²) < 4.78 is 16.3. The zero-order chi connectivity index (χ0) is 17.5. The van der Waals surface area contributed by atoms with Gasteiger partial charge in [-0.1, -0.05) is 17.7 Å². The molecule has 0 aliphatic carbocycles. The maximum atomic E-state index is 12.2. The van der Waals surface area contributed by atoms with Gasteiger partial charge in [-0.3, -0.25) is 10.1 Å². The monoisotopic (exact) mass is 349 g/mol. The van der Waals surface area contributed by atoms with Crippen LogP contribution in [-0.2, 0) is 4.74 Å². The van der Waals surface area contributed by atoms with Crippen molar-refractivity contribution in [2.45, 2.75) is 19.6 Å². The maximum absolute atomic E-state index is 12.2. The topological polar surface area (TPSA) is 87.9 Å². The highest BCUT2D eigenvalue weighted by atomic mass is 35.5. The number of nitro benzene ring substituents is 1. The molecule has 0 aromatic heterocycles. The number of carbonyl (C=O) groups excluding carboxylic acids is 1. The van der Waals surface area contributed by atoms with Crippen molar-refractivity contribution in [3.63, 3.8) is 0 Å². The lowest BCUT2D eigenvalue weighted by Gasteiger charge is -2.32. The predicted molar refractivity (Wildman–Crippen MR) is 84.7 cm³/mol. The zero-order valence-corrected chi connectivity index (χ0v) is 13.5. The summed E-state index contributed by atoms with van der Waals surface area (Å²) in [6.45, 7) is 3.21. The molecule has 0 N–H and O–H groups in total. The first-order valence-electron chi connectivity index (χ1n) is 6.94. The van der Waals surface area contributed by atoms with Gasteiger partial charge in [0.15, 0.2) is 0 Å². The van der Waals surface area contributed by atoms with Gasteiger partial charge in [0.25, 0.3) is 0 Å². The van der Waals surface area contributed by atoms with Crippen LogP contribution in [0.1, 0.15) is 24.2 Å². The molecule has 0 saturated heterocycles. The Bertz CT molecular complexity index is 848. The van der Waals surface area contributed by atoms with Crippen LogP contribution >= 0.6 is 11.6 Å². The SMILES string of the molecule is CC1(C)OC(=O)c2c(Oc3ccc(Cl)cc3[N+](=O)[O-])cccc2O1. The van der Waals surface area contributed by atoms with E-state index in [-0.39, 0.29) is 33.5 Å². The standard InChI is InChI=1S/C16H12ClNO6/c1-16(2)23-13-5-3-4-12(14(13)15(19)24-16)22-11-7-6-9(17)8-10(11)18(20)21/h3-8H,1-2H3. The molecule has 0 fully saturated rings. The summed E-state index contributed by atoms with van der Waals surface area (Å²) in [5, 5.41) is 11.4. The average molecular weight is 350 g/mol. The number of nitrogens with zero attached hydrogens (tertiary/aromatic N) is 1. The number of esters is 1. The summed E-state index contributed by atoms with van der Waals surface area (Å²) in [6, 6.07) is 8.70. The zero-order valence-electron chi connectivity index (χ0n) is 12.7. The van der Waals surface area contributed by atoms with Crippen LogP contribution in [0.2, 0.25) is 5.02 Å². The predicted octanol–water partition coefficient (Wildman–Crippen LogP) is 4.33. The number of nitro groups is 1. The average Bonchev–Trinajstić information content (AvgIpc) is 2.47. The second kappa shape index (κ2) is 5.68. The molecule has 1 aliphatic heterocycles. The first kappa shape index (κ1) is 16.1. The molecule has 0 atom stereocenters. The van der Waals surface area contributed by atoms with E-state index in [1.54, 1.807) is 26.0 Å². The molecule has 8 heteroatoms. The maximum Gasteiger partial charge on any atom is 0.349 e. The Morgan fingerprint density at radius 1 is 1.17 bits per heavy atom. The highest BCUT2D eigenvalue weighted by Gasteiger charge is 2.36. The molecule has 0 radical (unpaired) electrons. The Morgan fingerprint density at radius 3 is 2.62 bits per heavy atom. The van der Waals surface area contributed by atoms with Crippen LogP contribution in [0.4, 0.5) is 5.69 Å². The third-order valence-electron chi connectivity index (χ3n) is 3.22. The quantitative estimate of drug-likeness (QED) is 0.465. The van der Waals surface area contributed by atoms with Crippen molar-refractivity contribution in [2.75, 3.05) is 0 Å². The largest absolute Gasteiger partial charge is 0.452 e. The van der Waals surface area contributed by atoms with Crippen LogP contribution < -0.4 is 9.47 Å². The van der Waals surface area contributed by atoms with Crippen molar-refractivity contribution in [3.8, 4) is 17.2 Å². The summed E-state index contributed by atoms with van der Waals surface area (Å²) >= 11 is 5.78. The molecule has 2 aromatic rings. The minimum Gasteiger partial charge on any atom is -0.452 e. The fraction of sp³-hybridized carbons (Fsp3) is 0.188. The second-order valence-electron chi connectivity index (χ2n) is 5.49. The highest BCUT2D eigenvalue weighted by molar-refractivity contribution is 6.30. The first-order valence-corrected chi connectivity index (χ1v) is 7.32. The molecular formula is C16H12ClNO6. The van der Waals surface area contributed by atoms with E-state index in [2.05, 4.69) is 0 Å². The molecule has 0 amide bonds. The minimum absolute atomic E-state index is 0.0459. The fourth-order valence-electron chi connectivity index (χ4n) is 2.28. The van der Waals surface area contributed by atoms with Crippen molar-refractivity contribution in [1.82, 2.24) is 0 Å². The number of cyclic esters (lactones) is 1. The van der Waals surface area contributed by atoms with E-state index < -0.39 is 16.7 Å². The lowest BCUT2D eigenvalue weighted by atomic mass is 10.1. The lowest BCUT2D eigenvalue weighted by Crippen LogP contribution is -2.38. The summed E-state index contributed by atoms with van der Waals surface area (Å²) in [4.78, 5) is 22.8.